The standard InChI is InChI=1S/C13H21N5O3/c1-2-6-14-13-15-8-11(18(20)21)12(16-13)17-7-4-3-5-10(17)9-19/h8,10,19H,2-7,9H2,1H3,(H,14,15,16). The van der Waals surface area contributed by atoms with E-state index in [1.807, 2.05) is 11.8 Å². The average Bonchev–Trinajstić information content (AvgIpc) is 2.52. The van der Waals surface area contributed by atoms with Crippen LogP contribution in [-0.2, 0) is 0 Å². The number of rotatable bonds is 6. The lowest BCUT2D eigenvalue weighted by Gasteiger charge is -2.35. The van der Waals surface area contributed by atoms with E-state index in [1.165, 1.54) is 6.20 Å². The lowest BCUT2D eigenvalue weighted by molar-refractivity contribution is -0.384. The average molecular weight is 295 g/mol. The van der Waals surface area contributed by atoms with Gasteiger partial charge in [-0.15, -0.1) is 0 Å². The van der Waals surface area contributed by atoms with Gasteiger partial charge in [0.15, 0.2) is 0 Å². The molecule has 8 nitrogen and oxygen atoms in total. The van der Waals surface area contributed by atoms with Gasteiger partial charge in [0.05, 0.1) is 17.6 Å². The van der Waals surface area contributed by atoms with Crippen molar-refractivity contribution in [3.63, 3.8) is 0 Å². The van der Waals surface area contributed by atoms with Crippen LogP contribution in [0.4, 0.5) is 17.5 Å². The molecule has 1 aliphatic heterocycles. The third-order valence-electron chi connectivity index (χ3n) is 3.59. The van der Waals surface area contributed by atoms with Crippen molar-refractivity contribution in [1.82, 2.24) is 9.97 Å². The Balaban J connectivity index is 2.34. The normalized spacial score (nSPS) is 18.6. The maximum absolute atomic E-state index is 11.2. The minimum Gasteiger partial charge on any atom is -0.394 e. The Hall–Kier alpha value is -1.96. The SMILES string of the molecule is CCCNc1ncc([N+](=O)[O-])c(N2CCCCC2CO)n1. The minimum absolute atomic E-state index is 0.0289. The molecule has 0 aromatic carbocycles. The second-order valence-electron chi connectivity index (χ2n) is 5.11. The zero-order valence-corrected chi connectivity index (χ0v) is 12.2. The second kappa shape index (κ2) is 7.16. The minimum atomic E-state index is -0.470. The Morgan fingerprint density at radius 1 is 1.57 bits per heavy atom. The fourth-order valence-corrected chi connectivity index (χ4v) is 2.50. The molecule has 1 atom stereocenters. The van der Waals surface area contributed by atoms with Crippen LogP contribution in [0.25, 0.3) is 0 Å². The van der Waals surface area contributed by atoms with Gasteiger partial charge in [0, 0.05) is 13.1 Å². The quantitative estimate of drug-likeness (QED) is 0.606. The number of aliphatic hydroxyl groups excluding tert-OH is 1. The van der Waals surface area contributed by atoms with E-state index >= 15 is 0 Å². The smallest absolute Gasteiger partial charge is 0.329 e. The fraction of sp³-hybridized carbons (Fsp3) is 0.692. The van der Waals surface area contributed by atoms with Crippen LogP contribution in [0.2, 0.25) is 0 Å². The van der Waals surface area contributed by atoms with Gasteiger partial charge in [-0.2, -0.15) is 4.98 Å². The van der Waals surface area contributed by atoms with E-state index in [2.05, 4.69) is 15.3 Å². The van der Waals surface area contributed by atoms with Gasteiger partial charge in [0.2, 0.25) is 11.8 Å². The Kier molecular flexibility index (Phi) is 5.26. The highest BCUT2D eigenvalue weighted by Crippen LogP contribution is 2.31. The first-order valence-corrected chi connectivity index (χ1v) is 7.30. The zero-order valence-electron chi connectivity index (χ0n) is 12.2. The molecule has 0 amide bonds. The summed E-state index contributed by atoms with van der Waals surface area (Å²) in [5, 5.41) is 23.7. The molecule has 1 aliphatic rings. The van der Waals surface area contributed by atoms with Crippen LogP contribution in [0, 0.1) is 10.1 Å². The second-order valence-corrected chi connectivity index (χ2v) is 5.11. The van der Waals surface area contributed by atoms with Crippen molar-refractivity contribution in [2.24, 2.45) is 0 Å². The number of piperidine rings is 1. The van der Waals surface area contributed by atoms with Crippen molar-refractivity contribution in [3.05, 3.63) is 16.3 Å². The van der Waals surface area contributed by atoms with Crippen LogP contribution in [0.1, 0.15) is 32.6 Å². The Bertz CT molecular complexity index is 497. The number of hydrogen-bond donors (Lipinski definition) is 2. The van der Waals surface area contributed by atoms with Gasteiger partial charge in [-0.1, -0.05) is 6.92 Å². The monoisotopic (exact) mass is 295 g/mol. The summed E-state index contributed by atoms with van der Waals surface area (Å²) < 4.78 is 0. The molecule has 0 radical (unpaired) electrons. The molecule has 1 unspecified atom stereocenters. The molecule has 0 bridgehead atoms. The van der Waals surface area contributed by atoms with Crippen LogP contribution in [0.5, 0.6) is 0 Å². The lowest BCUT2D eigenvalue weighted by Crippen LogP contribution is -2.42. The van der Waals surface area contributed by atoms with Gasteiger partial charge in [0.1, 0.15) is 6.20 Å². The highest BCUT2D eigenvalue weighted by Gasteiger charge is 2.29. The number of anilines is 2. The van der Waals surface area contributed by atoms with Crippen molar-refractivity contribution in [3.8, 4) is 0 Å². The van der Waals surface area contributed by atoms with Crippen LogP contribution in [0.15, 0.2) is 6.20 Å². The molecular weight excluding hydrogens is 274 g/mol. The van der Waals surface area contributed by atoms with Crippen LogP contribution >= 0.6 is 0 Å². The summed E-state index contributed by atoms with van der Waals surface area (Å²) in [7, 11) is 0. The van der Waals surface area contributed by atoms with Crippen molar-refractivity contribution < 1.29 is 10.0 Å². The topological polar surface area (TPSA) is 104 Å². The first-order valence-electron chi connectivity index (χ1n) is 7.30. The van der Waals surface area contributed by atoms with Crippen LogP contribution < -0.4 is 10.2 Å². The summed E-state index contributed by atoms with van der Waals surface area (Å²) in [5.41, 5.74) is -0.114. The first kappa shape index (κ1) is 15.4. The summed E-state index contributed by atoms with van der Waals surface area (Å²) >= 11 is 0. The van der Waals surface area contributed by atoms with Gasteiger partial charge >= 0.3 is 5.69 Å². The van der Waals surface area contributed by atoms with Crippen LogP contribution in [-0.4, -0.2) is 45.7 Å². The van der Waals surface area contributed by atoms with E-state index < -0.39 is 4.92 Å². The first-order chi connectivity index (χ1) is 10.2. The van der Waals surface area contributed by atoms with E-state index in [1.54, 1.807) is 0 Å². The van der Waals surface area contributed by atoms with E-state index in [-0.39, 0.29) is 18.3 Å². The molecule has 0 aliphatic carbocycles. The lowest BCUT2D eigenvalue weighted by atomic mass is 10.0. The van der Waals surface area contributed by atoms with Crippen molar-refractivity contribution in [2.75, 3.05) is 29.9 Å². The molecule has 2 heterocycles. The van der Waals surface area contributed by atoms with Crippen LogP contribution in [0.3, 0.4) is 0 Å². The van der Waals surface area contributed by atoms with E-state index in [0.717, 1.165) is 25.7 Å². The van der Waals surface area contributed by atoms with Crippen molar-refractivity contribution in [1.29, 1.82) is 0 Å². The Morgan fingerprint density at radius 3 is 3.05 bits per heavy atom. The summed E-state index contributed by atoms with van der Waals surface area (Å²) in [6.07, 6.45) is 4.92. The summed E-state index contributed by atoms with van der Waals surface area (Å²) in [6, 6.07) is -0.119. The van der Waals surface area contributed by atoms with Gasteiger partial charge in [0.25, 0.3) is 0 Å². The number of nitro groups is 1. The van der Waals surface area contributed by atoms with E-state index in [9.17, 15) is 15.2 Å². The maximum atomic E-state index is 11.2. The van der Waals surface area contributed by atoms with E-state index in [0.29, 0.717) is 24.9 Å². The third-order valence-corrected chi connectivity index (χ3v) is 3.59. The third kappa shape index (κ3) is 3.57. The number of nitrogens with zero attached hydrogens (tertiary/aromatic N) is 4. The van der Waals surface area contributed by atoms with E-state index in [4.69, 9.17) is 0 Å². The molecule has 1 saturated heterocycles. The van der Waals surface area contributed by atoms with Gasteiger partial charge in [-0.3, -0.25) is 10.1 Å². The molecule has 8 heteroatoms. The molecule has 1 aromatic heterocycles. The molecule has 0 spiro atoms. The fourth-order valence-electron chi connectivity index (χ4n) is 2.50. The van der Waals surface area contributed by atoms with Gasteiger partial charge in [-0.05, 0) is 25.7 Å². The summed E-state index contributed by atoms with van der Waals surface area (Å²) in [4.78, 5) is 20.9. The van der Waals surface area contributed by atoms with Crippen molar-refractivity contribution >= 4 is 17.5 Å². The van der Waals surface area contributed by atoms with Crippen molar-refractivity contribution in [2.45, 2.75) is 38.6 Å². The predicted molar refractivity (Wildman–Crippen MR) is 79.5 cm³/mol. The maximum Gasteiger partial charge on any atom is 0.329 e. The highest BCUT2D eigenvalue weighted by molar-refractivity contribution is 5.59. The van der Waals surface area contributed by atoms with Gasteiger partial charge < -0.3 is 15.3 Å². The molecule has 0 saturated carbocycles. The number of aromatic nitrogens is 2. The molecular formula is C13H21N5O3. The number of aliphatic hydroxyl groups is 1. The highest BCUT2D eigenvalue weighted by atomic mass is 16.6. The Labute approximate surface area is 123 Å². The molecule has 1 fully saturated rings. The Morgan fingerprint density at radius 2 is 2.38 bits per heavy atom. The zero-order chi connectivity index (χ0) is 15.2. The molecule has 116 valence electrons. The number of hydrogen-bond acceptors (Lipinski definition) is 7. The number of nitrogens with one attached hydrogen (secondary N) is 1. The summed E-state index contributed by atoms with van der Waals surface area (Å²) in [6.45, 7) is 3.36. The predicted octanol–water partition coefficient (Wildman–Crippen LogP) is 1.56. The largest absolute Gasteiger partial charge is 0.394 e. The molecule has 21 heavy (non-hydrogen) atoms. The molecule has 1 aromatic rings. The summed E-state index contributed by atoms with van der Waals surface area (Å²) in [5.74, 6) is 0.687. The molecule has 2 N–H and O–H groups in total. The molecule has 2 rings (SSSR count). The van der Waals surface area contributed by atoms with Gasteiger partial charge in [-0.25, -0.2) is 4.98 Å².